The molecule has 1 saturated heterocycles. The van der Waals surface area contributed by atoms with Gasteiger partial charge in [-0.05, 0) is 42.2 Å². The van der Waals surface area contributed by atoms with Crippen LogP contribution in [-0.2, 0) is 16.0 Å². The first-order valence-electron chi connectivity index (χ1n) is 7.79. The summed E-state index contributed by atoms with van der Waals surface area (Å²) in [6.07, 6.45) is 0.657. The normalized spacial score (nSPS) is 19.7. The minimum Gasteiger partial charge on any atom is -0.480 e. The van der Waals surface area contributed by atoms with Crippen molar-refractivity contribution in [2.24, 2.45) is 0 Å². The van der Waals surface area contributed by atoms with Gasteiger partial charge in [0.15, 0.2) is 0 Å². The summed E-state index contributed by atoms with van der Waals surface area (Å²) in [4.78, 5) is 25.0. The summed E-state index contributed by atoms with van der Waals surface area (Å²) in [7, 11) is 0. The molecule has 0 bridgehead atoms. The van der Waals surface area contributed by atoms with Crippen LogP contribution in [0.3, 0.4) is 0 Å². The lowest BCUT2D eigenvalue weighted by Crippen LogP contribution is -2.64. The molecule has 1 fully saturated rings. The molecule has 1 N–H and O–H groups in total. The molecular weight excluding hydrogens is 309 g/mol. The molecule has 3 rings (SSSR count). The highest BCUT2D eigenvalue weighted by Crippen LogP contribution is 2.31. The van der Waals surface area contributed by atoms with Gasteiger partial charge in [-0.15, -0.1) is 0 Å². The van der Waals surface area contributed by atoms with Gasteiger partial charge in [0, 0.05) is 6.54 Å². The maximum atomic E-state index is 13.0. The summed E-state index contributed by atoms with van der Waals surface area (Å²) in [6, 6.07) is 13.7. The summed E-state index contributed by atoms with van der Waals surface area (Å²) >= 11 is 0. The summed E-state index contributed by atoms with van der Waals surface area (Å²) in [5.41, 5.74) is 1.58. The molecule has 24 heavy (non-hydrogen) atoms. The van der Waals surface area contributed by atoms with E-state index in [0.717, 1.165) is 16.7 Å². The Bertz CT molecular complexity index is 770. The third-order valence-corrected chi connectivity index (χ3v) is 4.67. The fourth-order valence-electron chi connectivity index (χ4n) is 2.91. The smallest absolute Gasteiger partial charge is 0.329 e. The van der Waals surface area contributed by atoms with Gasteiger partial charge in [-0.1, -0.05) is 36.4 Å². The van der Waals surface area contributed by atoms with E-state index in [2.05, 4.69) is 0 Å². The van der Waals surface area contributed by atoms with Crippen molar-refractivity contribution < 1.29 is 19.1 Å². The summed E-state index contributed by atoms with van der Waals surface area (Å²) in [6.45, 7) is 2.06. The Kier molecular flexibility index (Phi) is 4.09. The molecule has 4 nitrogen and oxygen atoms in total. The molecule has 0 radical (unpaired) electrons. The number of aliphatic carboxylic acids is 1. The molecular formula is C19H18FNO3. The highest BCUT2D eigenvalue weighted by molar-refractivity contribution is 5.89. The topological polar surface area (TPSA) is 57.6 Å². The summed E-state index contributed by atoms with van der Waals surface area (Å²) < 4.78 is 13.0. The average molecular weight is 327 g/mol. The third kappa shape index (κ3) is 2.89. The number of carbonyl (C=O) groups is 2. The van der Waals surface area contributed by atoms with Crippen LogP contribution in [0.25, 0.3) is 11.1 Å². The molecule has 1 aliphatic heterocycles. The molecule has 2 aromatic rings. The fourth-order valence-corrected chi connectivity index (χ4v) is 2.91. The molecule has 5 heteroatoms. The SMILES string of the molecule is CC1(C(=O)O)CCN1C(=O)Cc1ccc(-c2ccc(F)cc2)cc1. The lowest BCUT2D eigenvalue weighted by molar-refractivity contribution is -0.168. The Balaban J connectivity index is 1.69. The number of halogens is 1. The number of benzene rings is 2. The summed E-state index contributed by atoms with van der Waals surface area (Å²) in [5.74, 6) is -1.42. The van der Waals surface area contributed by atoms with Crippen LogP contribution in [0, 0.1) is 5.82 Å². The van der Waals surface area contributed by atoms with Crippen LogP contribution >= 0.6 is 0 Å². The second-order valence-electron chi connectivity index (χ2n) is 6.25. The first kappa shape index (κ1) is 16.2. The molecule has 0 aliphatic carbocycles. The van der Waals surface area contributed by atoms with Crippen LogP contribution in [0.1, 0.15) is 18.9 Å². The van der Waals surface area contributed by atoms with Crippen molar-refractivity contribution in [2.75, 3.05) is 6.54 Å². The minimum atomic E-state index is -1.08. The largest absolute Gasteiger partial charge is 0.480 e. The predicted molar refractivity (Wildman–Crippen MR) is 87.9 cm³/mol. The Hall–Kier alpha value is -2.69. The van der Waals surface area contributed by atoms with Gasteiger partial charge < -0.3 is 10.0 Å². The molecule has 1 heterocycles. The average Bonchev–Trinajstić information content (AvgIpc) is 2.54. The number of nitrogens with zero attached hydrogens (tertiary/aromatic N) is 1. The molecule has 1 aliphatic rings. The maximum absolute atomic E-state index is 13.0. The van der Waals surface area contributed by atoms with Gasteiger partial charge in [-0.2, -0.15) is 0 Å². The Morgan fingerprint density at radius 2 is 1.62 bits per heavy atom. The lowest BCUT2D eigenvalue weighted by atomic mass is 9.86. The van der Waals surface area contributed by atoms with E-state index < -0.39 is 11.5 Å². The number of rotatable bonds is 4. The Labute approximate surface area is 139 Å². The van der Waals surface area contributed by atoms with Gasteiger partial charge in [0.25, 0.3) is 0 Å². The molecule has 124 valence electrons. The van der Waals surface area contributed by atoms with Gasteiger partial charge >= 0.3 is 5.97 Å². The number of hydrogen-bond acceptors (Lipinski definition) is 2. The first-order valence-corrected chi connectivity index (χ1v) is 7.79. The van der Waals surface area contributed by atoms with E-state index >= 15 is 0 Å². The predicted octanol–water partition coefficient (Wildman–Crippen LogP) is 3.11. The van der Waals surface area contributed by atoms with Gasteiger partial charge in [-0.25, -0.2) is 9.18 Å². The highest BCUT2D eigenvalue weighted by atomic mass is 19.1. The fraction of sp³-hybridized carbons (Fsp3) is 0.263. The highest BCUT2D eigenvalue weighted by Gasteiger charge is 2.49. The van der Waals surface area contributed by atoms with Gasteiger partial charge in [0.2, 0.25) is 5.91 Å². The van der Waals surface area contributed by atoms with Crippen LogP contribution < -0.4 is 0 Å². The van der Waals surface area contributed by atoms with Crippen molar-refractivity contribution in [1.82, 2.24) is 4.90 Å². The number of likely N-dealkylation sites (tertiary alicyclic amines) is 1. The number of amides is 1. The Morgan fingerprint density at radius 3 is 2.08 bits per heavy atom. The number of carbonyl (C=O) groups excluding carboxylic acids is 1. The van der Waals surface area contributed by atoms with E-state index in [0.29, 0.717) is 13.0 Å². The van der Waals surface area contributed by atoms with E-state index in [-0.39, 0.29) is 18.1 Å². The van der Waals surface area contributed by atoms with Crippen molar-refractivity contribution in [3.05, 3.63) is 59.9 Å². The minimum absolute atomic E-state index is 0.173. The van der Waals surface area contributed by atoms with E-state index in [1.807, 2.05) is 24.3 Å². The van der Waals surface area contributed by atoms with E-state index in [9.17, 15) is 19.1 Å². The zero-order valence-electron chi connectivity index (χ0n) is 13.3. The van der Waals surface area contributed by atoms with Crippen LogP contribution in [0.5, 0.6) is 0 Å². The van der Waals surface area contributed by atoms with Gasteiger partial charge in [0.05, 0.1) is 6.42 Å². The van der Waals surface area contributed by atoms with Crippen molar-refractivity contribution in [1.29, 1.82) is 0 Å². The van der Waals surface area contributed by atoms with E-state index in [4.69, 9.17) is 0 Å². The third-order valence-electron chi connectivity index (χ3n) is 4.67. The lowest BCUT2D eigenvalue weighted by Gasteiger charge is -2.47. The number of carboxylic acids is 1. The molecule has 1 atom stereocenters. The van der Waals surface area contributed by atoms with Crippen LogP contribution in [0.4, 0.5) is 4.39 Å². The van der Waals surface area contributed by atoms with Gasteiger partial charge in [0.1, 0.15) is 11.4 Å². The van der Waals surface area contributed by atoms with Crippen LogP contribution in [-0.4, -0.2) is 34.0 Å². The second-order valence-corrected chi connectivity index (χ2v) is 6.25. The number of carboxylic acid groups (broad SMARTS) is 1. The van der Waals surface area contributed by atoms with Crippen molar-refractivity contribution in [3.63, 3.8) is 0 Å². The molecule has 0 spiro atoms. The van der Waals surface area contributed by atoms with Crippen molar-refractivity contribution in [2.45, 2.75) is 25.3 Å². The molecule has 2 aromatic carbocycles. The van der Waals surface area contributed by atoms with Crippen molar-refractivity contribution >= 4 is 11.9 Å². The molecule has 0 aromatic heterocycles. The Morgan fingerprint density at radius 1 is 1.08 bits per heavy atom. The van der Waals surface area contributed by atoms with Crippen LogP contribution in [0.15, 0.2) is 48.5 Å². The maximum Gasteiger partial charge on any atom is 0.329 e. The molecule has 1 unspecified atom stereocenters. The molecule has 1 amide bonds. The van der Waals surface area contributed by atoms with Gasteiger partial charge in [-0.3, -0.25) is 4.79 Å². The first-order chi connectivity index (χ1) is 11.4. The molecule has 0 saturated carbocycles. The quantitative estimate of drug-likeness (QED) is 0.939. The van der Waals surface area contributed by atoms with Crippen molar-refractivity contribution in [3.8, 4) is 11.1 Å². The van der Waals surface area contributed by atoms with E-state index in [1.54, 1.807) is 19.1 Å². The summed E-state index contributed by atoms with van der Waals surface area (Å²) in [5, 5.41) is 9.24. The zero-order chi connectivity index (χ0) is 17.3. The standard InChI is InChI=1S/C19H18FNO3/c1-19(18(23)24)10-11-21(19)17(22)12-13-2-4-14(5-3-13)15-6-8-16(20)9-7-15/h2-9H,10-12H2,1H3,(H,23,24). The monoisotopic (exact) mass is 327 g/mol. The van der Waals surface area contributed by atoms with Crippen LogP contribution in [0.2, 0.25) is 0 Å². The second kappa shape index (κ2) is 6.07. The zero-order valence-corrected chi connectivity index (χ0v) is 13.3. The van der Waals surface area contributed by atoms with E-state index in [1.165, 1.54) is 17.0 Å². The number of hydrogen-bond donors (Lipinski definition) is 1.